The summed E-state index contributed by atoms with van der Waals surface area (Å²) in [5, 5.41) is 9.05. The molecular formula is C15H24O4. The predicted molar refractivity (Wildman–Crippen MR) is 72.7 cm³/mol. The van der Waals surface area contributed by atoms with E-state index in [4.69, 9.17) is 9.84 Å². The summed E-state index contributed by atoms with van der Waals surface area (Å²) in [5.74, 6) is -2.04. The zero-order chi connectivity index (χ0) is 14.1. The largest absolute Gasteiger partial charge is 0.481 e. The minimum atomic E-state index is -1.09. The van der Waals surface area contributed by atoms with Gasteiger partial charge in [0.25, 0.3) is 0 Å². The molecule has 0 aliphatic heterocycles. The highest BCUT2D eigenvalue weighted by Crippen LogP contribution is 2.28. The molecule has 1 saturated carbocycles. The van der Waals surface area contributed by atoms with Crippen LogP contribution < -0.4 is 0 Å². The van der Waals surface area contributed by atoms with E-state index in [1.807, 2.05) is 0 Å². The Hall–Kier alpha value is -1.32. The molecule has 108 valence electrons. The monoisotopic (exact) mass is 268 g/mol. The molecule has 0 saturated heterocycles. The Morgan fingerprint density at radius 3 is 2.58 bits per heavy atom. The van der Waals surface area contributed by atoms with E-state index in [1.54, 1.807) is 0 Å². The first-order valence-electron chi connectivity index (χ1n) is 7.15. The molecule has 4 nitrogen and oxygen atoms in total. The highest BCUT2D eigenvalue weighted by atomic mass is 16.5. The van der Waals surface area contributed by atoms with Crippen LogP contribution in [0.25, 0.3) is 0 Å². The van der Waals surface area contributed by atoms with Gasteiger partial charge in [-0.3, -0.25) is 9.59 Å². The highest BCUT2D eigenvalue weighted by molar-refractivity contribution is 5.93. The molecule has 0 radical (unpaired) electrons. The van der Waals surface area contributed by atoms with Crippen molar-refractivity contribution in [1.29, 1.82) is 0 Å². The lowest BCUT2D eigenvalue weighted by molar-refractivity contribution is -0.158. The van der Waals surface area contributed by atoms with Gasteiger partial charge in [-0.15, -0.1) is 0 Å². The van der Waals surface area contributed by atoms with Gasteiger partial charge < -0.3 is 9.84 Å². The van der Waals surface area contributed by atoms with Crippen LogP contribution in [0.2, 0.25) is 0 Å². The summed E-state index contributed by atoms with van der Waals surface area (Å²) in [4.78, 5) is 22.6. The molecule has 1 aliphatic rings. The third kappa shape index (κ3) is 5.90. The number of hydrogen-bond donors (Lipinski definition) is 1. The summed E-state index contributed by atoms with van der Waals surface area (Å²) in [5.41, 5.74) is 0. The van der Waals surface area contributed by atoms with E-state index < -0.39 is 17.9 Å². The number of carboxylic acid groups (broad SMARTS) is 1. The zero-order valence-electron chi connectivity index (χ0n) is 11.5. The van der Waals surface area contributed by atoms with Crippen LogP contribution in [0.15, 0.2) is 12.7 Å². The van der Waals surface area contributed by atoms with Gasteiger partial charge in [-0.25, -0.2) is 0 Å². The first-order chi connectivity index (χ1) is 9.15. The lowest BCUT2D eigenvalue weighted by atomic mass is 9.85. The maximum atomic E-state index is 11.6. The summed E-state index contributed by atoms with van der Waals surface area (Å²) in [6.07, 6.45) is 10.0. The average Bonchev–Trinajstić information content (AvgIpc) is 2.41. The molecule has 4 heteroatoms. The number of aliphatic carboxylic acids is 1. The fraction of sp³-hybridized carbons (Fsp3) is 0.733. The van der Waals surface area contributed by atoms with Crippen LogP contribution in [0.1, 0.15) is 51.4 Å². The average molecular weight is 268 g/mol. The van der Waals surface area contributed by atoms with Crippen LogP contribution >= 0.6 is 0 Å². The fourth-order valence-electron chi connectivity index (χ4n) is 2.67. The van der Waals surface area contributed by atoms with Gasteiger partial charge in [0, 0.05) is 0 Å². The van der Waals surface area contributed by atoms with Crippen LogP contribution in [-0.4, -0.2) is 23.7 Å². The Labute approximate surface area is 114 Å². The molecule has 1 N–H and O–H groups in total. The van der Waals surface area contributed by atoms with E-state index in [1.165, 1.54) is 38.2 Å². The maximum Gasteiger partial charge on any atom is 0.320 e. The number of ether oxygens (including phenoxy) is 1. The van der Waals surface area contributed by atoms with Crippen molar-refractivity contribution in [3.05, 3.63) is 12.7 Å². The molecule has 1 atom stereocenters. The summed E-state index contributed by atoms with van der Waals surface area (Å²) in [6.45, 7) is 3.51. The predicted octanol–water partition coefficient (Wildman–Crippen LogP) is 3.17. The van der Waals surface area contributed by atoms with Crippen molar-refractivity contribution >= 4 is 11.9 Å². The maximum absolute atomic E-state index is 11.6. The van der Waals surface area contributed by atoms with Crippen molar-refractivity contribution in [3.8, 4) is 0 Å². The van der Waals surface area contributed by atoms with Gasteiger partial charge >= 0.3 is 11.9 Å². The second-order valence-corrected chi connectivity index (χ2v) is 5.24. The summed E-state index contributed by atoms with van der Waals surface area (Å²) < 4.78 is 4.82. The van der Waals surface area contributed by atoms with Crippen LogP contribution in [0.5, 0.6) is 0 Å². The molecule has 0 bridgehead atoms. The van der Waals surface area contributed by atoms with Gasteiger partial charge in [0.1, 0.15) is 6.61 Å². The van der Waals surface area contributed by atoms with Crippen LogP contribution in [0, 0.1) is 11.8 Å². The Kier molecular flexibility index (Phi) is 7.23. The molecule has 0 amide bonds. The van der Waals surface area contributed by atoms with Crippen molar-refractivity contribution in [3.63, 3.8) is 0 Å². The summed E-state index contributed by atoms with van der Waals surface area (Å²) in [7, 11) is 0. The van der Waals surface area contributed by atoms with E-state index in [2.05, 4.69) is 6.58 Å². The summed E-state index contributed by atoms with van der Waals surface area (Å²) in [6, 6.07) is 0. The molecule has 1 rings (SSSR count). The number of carboxylic acids is 1. The second-order valence-electron chi connectivity index (χ2n) is 5.24. The Morgan fingerprint density at radius 2 is 2.00 bits per heavy atom. The number of carbonyl (C=O) groups excluding carboxylic acids is 1. The molecule has 0 aromatic rings. The van der Waals surface area contributed by atoms with Crippen molar-refractivity contribution in [2.75, 3.05) is 6.61 Å². The first-order valence-corrected chi connectivity index (χ1v) is 7.15. The third-order valence-corrected chi connectivity index (χ3v) is 3.76. The quantitative estimate of drug-likeness (QED) is 0.417. The molecule has 0 aromatic heterocycles. The van der Waals surface area contributed by atoms with Gasteiger partial charge in [-0.05, 0) is 12.3 Å². The van der Waals surface area contributed by atoms with E-state index in [0.717, 1.165) is 12.8 Å². The second kappa shape index (κ2) is 8.73. The van der Waals surface area contributed by atoms with Crippen LogP contribution in [0.4, 0.5) is 0 Å². The topological polar surface area (TPSA) is 63.6 Å². The molecule has 19 heavy (non-hydrogen) atoms. The lowest BCUT2D eigenvalue weighted by Gasteiger charge is -2.21. The van der Waals surface area contributed by atoms with E-state index in [0.29, 0.717) is 12.3 Å². The van der Waals surface area contributed by atoms with Crippen molar-refractivity contribution in [2.24, 2.45) is 11.8 Å². The van der Waals surface area contributed by atoms with Gasteiger partial charge in [0.05, 0.1) is 0 Å². The van der Waals surface area contributed by atoms with Crippen LogP contribution in [-0.2, 0) is 14.3 Å². The van der Waals surface area contributed by atoms with Crippen molar-refractivity contribution in [2.45, 2.75) is 51.4 Å². The van der Waals surface area contributed by atoms with Crippen molar-refractivity contribution in [1.82, 2.24) is 0 Å². The molecule has 0 spiro atoms. The molecule has 0 aromatic carbocycles. The van der Waals surface area contributed by atoms with Gasteiger partial charge in [0.2, 0.25) is 0 Å². The van der Waals surface area contributed by atoms with E-state index >= 15 is 0 Å². The highest BCUT2D eigenvalue weighted by Gasteiger charge is 2.27. The SMILES string of the molecule is C=CCOC(=O)C(CCCC1CCCCC1)C(=O)O. The van der Waals surface area contributed by atoms with E-state index in [9.17, 15) is 9.59 Å². The smallest absolute Gasteiger partial charge is 0.320 e. The number of rotatable bonds is 8. The fourth-order valence-corrected chi connectivity index (χ4v) is 2.67. The minimum absolute atomic E-state index is 0.0746. The van der Waals surface area contributed by atoms with E-state index in [-0.39, 0.29) is 6.61 Å². The normalized spacial score (nSPS) is 17.7. The Morgan fingerprint density at radius 1 is 1.32 bits per heavy atom. The standard InChI is InChI=1S/C15H24O4/c1-2-11-19-15(18)13(14(16)17)10-6-9-12-7-4-3-5-8-12/h2,12-13H,1,3-11H2,(H,16,17). The minimum Gasteiger partial charge on any atom is -0.481 e. The molecule has 0 heterocycles. The Bertz CT molecular complexity index is 305. The molecule has 1 fully saturated rings. The Balaban J connectivity index is 2.30. The number of esters is 1. The summed E-state index contributed by atoms with van der Waals surface area (Å²) >= 11 is 0. The number of carbonyl (C=O) groups is 2. The lowest BCUT2D eigenvalue weighted by Crippen LogP contribution is -2.26. The molecule has 1 unspecified atom stereocenters. The molecular weight excluding hydrogens is 244 g/mol. The van der Waals surface area contributed by atoms with Gasteiger partial charge in [-0.1, -0.05) is 57.6 Å². The van der Waals surface area contributed by atoms with Gasteiger partial charge in [-0.2, -0.15) is 0 Å². The third-order valence-electron chi connectivity index (χ3n) is 3.76. The van der Waals surface area contributed by atoms with Crippen LogP contribution in [0.3, 0.4) is 0 Å². The first kappa shape index (κ1) is 15.7. The van der Waals surface area contributed by atoms with Gasteiger partial charge in [0.15, 0.2) is 5.92 Å². The van der Waals surface area contributed by atoms with Crippen molar-refractivity contribution < 1.29 is 19.4 Å². The zero-order valence-corrected chi connectivity index (χ0v) is 11.5. The number of hydrogen-bond acceptors (Lipinski definition) is 3. The molecule has 1 aliphatic carbocycles.